The van der Waals surface area contributed by atoms with Crippen LogP contribution in [0.1, 0.15) is 18.2 Å². The SMILES string of the molecule is CCc1ccccc1Sc1cccc(C#N)n1. The number of aromatic nitrogens is 1. The van der Waals surface area contributed by atoms with Gasteiger partial charge in [-0.3, -0.25) is 0 Å². The molecule has 1 aromatic heterocycles. The van der Waals surface area contributed by atoms with Crippen molar-refractivity contribution in [3.63, 3.8) is 0 Å². The van der Waals surface area contributed by atoms with E-state index in [2.05, 4.69) is 30.1 Å². The molecule has 0 spiro atoms. The van der Waals surface area contributed by atoms with Crippen LogP contribution in [0, 0.1) is 11.3 Å². The van der Waals surface area contributed by atoms with Crippen molar-refractivity contribution in [2.75, 3.05) is 0 Å². The van der Waals surface area contributed by atoms with E-state index in [-0.39, 0.29) is 0 Å². The van der Waals surface area contributed by atoms with E-state index in [0.717, 1.165) is 11.4 Å². The summed E-state index contributed by atoms with van der Waals surface area (Å²) >= 11 is 1.61. The third kappa shape index (κ3) is 2.86. The van der Waals surface area contributed by atoms with Crippen LogP contribution in [0.4, 0.5) is 0 Å². The lowest BCUT2D eigenvalue weighted by atomic mass is 10.2. The molecule has 0 N–H and O–H groups in total. The van der Waals surface area contributed by atoms with Crippen molar-refractivity contribution >= 4 is 11.8 Å². The highest BCUT2D eigenvalue weighted by atomic mass is 32.2. The van der Waals surface area contributed by atoms with Crippen molar-refractivity contribution in [3.8, 4) is 6.07 Å². The van der Waals surface area contributed by atoms with Crippen LogP contribution in [-0.2, 0) is 6.42 Å². The molecule has 2 aromatic rings. The molecule has 0 atom stereocenters. The molecule has 1 heterocycles. The fourth-order valence-electron chi connectivity index (χ4n) is 1.54. The number of rotatable bonds is 3. The van der Waals surface area contributed by atoms with Gasteiger partial charge in [-0.25, -0.2) is 4.98 Å². The Kier molecular flexibility index (Phi) is 3.79. The summed E-state index contributed by atoms with van der Waals surface area (Å²) in [5.74, 6) is 0. The molecular weight excluding hydrogens is 228 g/mol. The zero-order valence-corrected chi connectivity index (χ0v) is 10.4. The molecular formula is C14H12N2S. The second-order valence-electron chi connectivity index (χ2n) is 3.54. The average Bonchev–Trinajstić information content (AvgIpc) is 2.39. The maximum atomic E-state index is 8.81. The van der Waals surface area contributed by atoms with Gasteiger partial charge in [0.2, 0.25) is 0 Å². The normalized spacial score (nSPS) is 9.88. The summed E-state index contributed by atoms with van der Waals surface area (Å²) in [6, 6.07) is 15.8. The van der Waals surface area contributed by atoms with Crippen molar-refractivity contribution in [1.29, 1.82) is 5.26 Å². The fraction of sp³-hybridized carbons (Fsp3) is 0.143. The smallest absolute Gasteiger partial charge is 0.141 e. The number of benzene rings is 1. The van der Waals surface area contributed by atoms with E-state index >= 15 is 0 Å². The van der Waals surface area contributed by atoms with Crippen LogP contribution >= 0.6 is 11.8 Å². The van der Waals surface area contributed by atoms with Gasteiger partial charge in [-0.05, 0) is 30.2 Å². The van der Waals surface area contributed by atoms with Gasteiger partial charge in [0.25, 0.3) is 0 Å². The first-order valence-electron chi connectivity index (χ1n) is 5.46. The molecule has 0 aliphatic heterocycles. The Morgan fingerprint density at radius 3 is 2.76 bits per heavy atom. The van der Waals surface area contributed by atoms with Gasteiger partial charge in [-0.2, -0.15) is 5.26 Å². The van der Waals surface area contributed by atoms with E-state index in [1.165, 1.54) is 10.5 Å². The van der Waals surface area contributed by atoms with Gasteiger partial charge in [-0.15, -0.1) is 0 Å². The molecule has 0 aliphatic rings. The molecule has 0 radical (unpaired) electrons. The van der Waals surface area contributed by atoms with Crippen LogP contribution in [0.25, 0.3) is 0 Å². The summed E-state index contributed by atoms with van der Waals surface area (Å²) in [7, 11) is 0. The maximum absolute atomic E-state index is 8.81. The minimum atomic E-state index is 0.462. The second-order valence-corrected chi connectivity index (χ2v) is 4.60. The van der Waals surface area contributed by atoms with Gasteiger partial charge >= 0.3 is 0 Å². The highest BCUT2D eigenvalue weighted by molar-refractivity contribution is 7.99. The van der Waals surface area contributed by atoms with Crippen LogP contribution < -0.4 is 0 Å². The third-order valence-electron chi connectivity index (χ3n) is 2.41. The Balaban J connectivity index is 2.28. The zero-order chi connectivity index (χ0) is 12.1. The van der Waals surface area contributed by atoms with E-state index in [4.69, 9.17) is 5.26 Å². The van der Waals surface area contributed by atoms with Gasteiger partial charge < -0.3 is 0 Å². The zero-order valence-electron chi connectivity index (χ0n) is 9.55. The van der Waals surface area contributed by atoms with Crippen molar-refractivity contribution in [3.05, 3.63) is 53.7 Å². The van der Waals surface area contributed by atoms with Crippen LogP contribution in [0.15, 0.2) is 52.4 Å². The molecule has 0 bridgehead atoms. The molecule has 0 saturated heterocycles. The Morgan fingerprint density at radius 1 is 1.18 bits per heavy atom. The molecule has 84 valence electrons. The number of nitriles is 1. The predicted octanol–water partition coefficient (Wildman–Crippen LogP) is 3.67. The number of pyridine rings is 1. The first-order chi connectivity index (χ1) is 8.33. The molecule has 0 unspecified atom stereocenters. The first kappa shape index (κ1) is 11.7. The predicted molar refractivity (Wildman–Crippen MR) is 68.9 cm³/mol. The van der Waals surface area contributed by atoms with E-state index < -0.39 is 0 Å². The van der Waals surface area contributed by atoms with Crippen LogP contribution in [0.3, 0.4) is 0 Å². The van der Waals surface area contributed by atoms with E-state index in [0.29, 0.717) is 5.69 Å². The summed E-state index contributed by atoms with van der Waals surface area (Å²) in [4.78, 5) is 5.47. The van der Waals surface area contributed by atoms with E-state index in [9.17, 15) is 0 Å². The topological polar surface area (TPSA) is 36.7 Å². The lowest BCUT2D eigenvalue weighted by molar-refractivity contribution is 1.07. The number of hydrogen-bond donors (Lipinski definition) is 0. The number of aryl methyl sites for hydroxylation is 1. The minimum Gasteiger partial charge on any atom is -0.230 e. The lowest BCUT2D eigenvalue weighted by Gasteiger charge is -2.06. The molecule has 2 rings (SSSR count). The van der Waals surface area contributed by atoms with Crippen molar-refractivity contribution in [2.45, 2.75) is 23.3 Å². The molecule has 0 aliphatic carbocycles. The molecule has 0 fully saturated rings. The minimum absolute atomic E-state index is 0.462. The third-order valence-corrected chi connectivity index (χ3v) is 3.46. The molecule has 3 heteroatoms. The Hall–Kier alpha value is -1.79. The summed E-state index contributed by atoms with van der Waals surface area (Å²) in [5.41, 5.74) is 1.77. The highest BCUT2D eigenvalue weighted by Crippen LogP contribution is 2.29. The van der Waals surface area contributed by atoms with Crippen LogP contribution in [0.5, 0.6) is 0 Å². The summed E-state index contributed by atoms with van der Waals surface area (Å²) < 4.78 is 0. The first-order valence-corrected chi connectivity index (χ1v) is 6.28. The molecule has 0 amide bonds. The quantitative estimate of drug-likeness (QED) is 0.821. The highest BCUT2D eigenvalue weighted by Gasteiger charge is 2.03. The van der Waals surface area contributed by atoms with Gasteiger partial charge in [0.05, 0.1) is 0 Å². The maximum Gasteiger partial charge on any atom is 0.141 e. The van der Waals surface area contributed by atoms with Gasteiger partial charge in [0, 0.05) is 4.90 Å². The lowest BCUT2D eigenvalue weighted by Crippen LogP contribution is -1.87. The van der Waals surface area contributed by atoms with Gasteiger partial charge in [-0.1, -0.05) is 43.0 Å². The van der Waals surface area contributed by atoms with Gasteiger partial charge in [0.1, 0.15) is 16.8 Å². The molecule has 1 aromatic carbocycles. The number of hydrogen-bond acceptors (Lipinski definition) is 3. The Labute approximate surface area is 105 Å². The van der Waals surface area contributed by atoms with E-state index in [1.54, 1.807) is 17.8 Å². The van der Waals surface area contributed by atoms with Crippen molar-refractivity contribution < 1.29 is 0 Å². The van der Waals surface area contributed by atoms with Gasteiger partial charge in [0.15, 0.2) is 0 Å². The van der Waals surface area contributed by atoms with E-state index in [1.807, 2.05) is 24.3 Å². The Bertz CT molecular complexity index is 558. The molecule has 0 saturated carbocycles. The summed E-state index contributed by atoms with van der Waals surface area (Å²) in [6.07, 6.45) is 1.00. The monoisotopic (exact) mass is 240 g/mol. The van der Waals surface area contributed by atoms with Crippen molar-refractivity contribution in [1.82, 2.24) is 4.98 Å². The van der Waals surface area contributed by atoms with Crippen molar-refractivity contribution in [2.24, 2.45) is 0 Å². The molecule has 2 nitrogen and oxygen atoms in total. The Morgan fingerprint density at radius 2 is 2.00 bits per heavy atom. The van der Waals surface area contributed by atoms with Crippen LogP contribution in [0.2, 0.25) is 0 Å². The molecule has 17 heavy (non-hydrogen) atoms. The standard InChI is InChI=1S/C14H12N2S/c1-2-11-6-3-4-8-13(11)17-14-9-5-7-12(10-15)16-14/h3-9H,2H2,1H3. The summed E-state index contributed by atoms with van der Waals surface area (Å²) in [6.45, 7) is 2.14. The number of nitrogens with zero attached hydrogens (tertiary/aromatic N) is 2. The fourth-order valence-corrected chi connectivity index (χ4v) is 2.55. The summed E-state index contributed by atoms with van der Waals surface area (Å²) in [5, 5.41) is 9.67. The second kappa shape index (κ2) is 5.51. The average molecular weight is 240 g/mol. The van der Waals surface area contributed by atoms with Crippen LogP contribution in [-0.4, -0.2) is 4.98 Å². The largest absolute Gasteiger partial charge is 0.230 e.